The average Bonchev–Trinajstić information content (AvgIpc) is 2.69. The highest BCUT2D eigenvalue weighted by atomic mass is 32.2. The van der Waals surface area contributed by atoms with Crippen LogP contribution in [-0.2, 0) is 14.8 Å². The molecule has 1 heterocycles. The fourth-order valence-corrected chi connectivity index (χ4v) is 4.72. The van der Waals surface area contributed by atoms with E-state index in [1.54, 1.807) is 48.5 Å². The van der Waals surface area contributed by atoms with E-state index in [1.807, 2.05) is 20.8 Å². The normalized spacial score (nSPS) is 16.7. The first-order valence-corrected chi connectivity index (χ1v) is 11.6. The summed E-state index contributed by atoms with van der Waals surface area (Å²) in [6.45, 7) is 6.10. The van der Waals surface area contributed by atoms with Crippen LogP contribution in [0.4, 0.5) is 10.5 Å². The maximum absolute atomic E-state index is 12.8. The smallest absolute Gasteiger partial charge is 0.413 e. The molecule has 0 aliphatic carbocycles. The van der Waals surface area contributed by atoms with Crippen molar-refractivity contribution in [3.63, 3.8) is 0 Å². The van der Waals surface area contributed by atoms with E-state index in [2.05, 4.69) is 5.32 Å². The van der Waals surface area contributed by atoms with Crippen LogP contribution in [0.1, 0.15) is 32.3 Å². The predicted molar refractivity (Wildman–Crippen MR) is 118 cm³/mol. The molecule has 8 nitrogen and oxygen atoms in total. The molecule has 0 saturated carbocycles. The maximum atomic E-state index is 12.8. The Balaban J connectivity index is 1.55. The molecule has 0 bridgehead atoms. The second kappa shape index (κ2) is 9.25. The van der Waals surface area contributed by atoms with Crippen LogP contribution < -0.4 is 15.8 Å². The van der Waals surface area contributed by atoms with Gasteiger partial charge >= 0.3 is 6.09 Å². The number of amides is 1. The summed E-state index contributed by atoms with van der Waals surface area (Å²) in [4.78, 5) is 12.5. The number of carbonyl (C=O) groups excluding carboxylic acids is 1. The van der Waals surface area contributed by atoms with Crippen molar-refractivity contribution >= 4 is 21.8 Å². The lowest BCUT2D eigenvalue weighted by Gasteiger charge is -2.37. The van der Waals surface area contributed by atoms with Crippen LogP contribution in [0.5, 0.6) is 5.75 Å². The Morgan fingerprint density at radius 2 is 1.65 bits per heavy atom. The number of benzene rings is 2. The lowest BCUT2D eigenvalue weighted by molar-refractivity contribution is -0.0116. The van der Waals surface area contributed by atoms with Crippen molar-refractivity contribution in [1.29, 1.82) is 0 Å². The number of rotatable bonds is 6. The van der Waals surface area contributed by atoms with Crippen molar-refractivity contribution in [2.75, 3.05) is 18.4 Å². The maximum Gasteiger partial charge on any atom is 0.413 e. The molecule has 1 saturated heterocycles. The fraction of sp³-hybridized carbons (Fsp3) is 0.409. The number of carbonyl (C=O) groups is 1. The Morgan fingerprint density at radius 3 is 2.19 bits per heavy atom. The lowest BCUT2D eigenvalue weighted by atomic mass is 10.0. The Labute approximate surface area is 183 Å². The Kier molecular flexibility index (Phi) is 6.88. The predicted octanol–water partition coefficient (Wildman–Crippen LogP) is 3.47. The van der Waals surface area contributed by atoms with E-state index in [0.717, 1.165) is 5.56 Å². The molecular weight excluding hydrogens is 418 g/mol. The molecule has 0 spiro atoms. The van der Waals surface area contributed by atoms with Gasteiger partial charge in [0.25, 0.3) is 0 Å². The van der Waals surface area contributed by atoms with Crippen molar-refractivity contribution in [3.05, 3.63) is 54.1 Å². The zero-order valence-electron chi connectivity index (χ0n) is 18.0. The van der Waals surface area contributed by atoms with Crippen molar-refractivity contribution in [2.24, 2.45) is 5.73 Å². The molecule has 31 heavy (non-hydrogen) atoms. The highest BCUT2D eigenvalue weighted by molar-refractivity contribution is 7.89. The SMILES string of the molecule is Cc1ccc(S(=O)(=O)N2CCC(N)(OC(=O)Nc3ccc(OC(C)C)cc3)CC2)cc1. The van der Waals surface area contributed by atoms with Crippen LogP contribution >= 0.6 is 0 Å². The molecule has 3 rings (SSSR count). The van der Waals surface area contributed by atoms with Gasteiger partial charge in [0.1, 0.15) is 5.75 Å². The van der Waals surface area contributed by atoms with E-state index in [4.69, 9.17) is 15.2 Å². The third kappa shape index (κ3) is 5.96. The minimum atomic E-state index is -3.61. The number of nitrogens with zero attached hydrogens (tertiary/aromatic N) is 1. The summed E-state index contributed by atoms with van der Waals surface area (Å²) >= 11 is 0. The molecular formula is C22H29N3O5S. The van der Waals surface area contributed by atoms with Crippen LogP contribution in [0.15, 0.2) is 53.4 Å². The summed E-state index contributed by atoms with van der Waals surface area (Å²) in [5, 5.41) is 2.64. The number of nitrogens with one attached hydrogen (secondary N) is 1. The van der Waals surface area contributed by atoms with Crippen LogP contribution in [-0.4, -0.2) is 43.7 Å². The highest BCUT2D eigenvalue weighted by Crippen LogP contribution is 2.27. The minimum absolute atomic E-state index is 0.0570. The molecule has 0 aromatic heterocycles. The van der Waals surface area contributed by atoms with Crippen LogP contribution in [0, 0.1) is 6.92 Å². The van der Waals surface area contributed by atoms with Crippen LogP contribution in [0.25, 0.3) is 0 Å². The minimum Gasteiger partial charge on any atom is -0.491 e. The lowest BCUT2D eigenvalue weighted by Crippen LogP contribution is -2.54. The molecule has 168 valence electrons. The number of anilines is 1. The van der Waals surface area contributed by atoms with E-state index in [1.165, 1.54) is 4.31 Å². The average molecular weight is 448 g/mol. The molecule has 2 aromatic rings. The zero-order valence-corrected chi connectivity index (χ0v) is 18.8. The van der Waals surface area contributed by atoms with Crippen molar-refractivity contribution in [3.8, 4) is 5.75 Å². The first-order chi connectivity index (χ1) is 14.6. The second-order valence-electron chi connectivity index (χ2n) is 7.99. The van der Waals surface area contributed by atoms with Crippen molar-refractivity contribution in [2.45, 2.75) is 50.3 Å². The van der Waals surface area contributed by atoms with Gasteiger partial charge in [-0.15, -0.1) is 0 Å². The quantitative estimate of drug-likeness (QED) is 0.656. The summed E-state index contributed by atoms with van der Waals surface area (Å²) in [7, 11) is -3.61. The third-order valence-electron chi connectivity index (χ3n) is 5.00. The van der Waals surface area contributed by atoms with Crippen LogP contribution in [0.3, 0.4) is 0 Å². The molecule has 9 heteroatoms. The van der Waals surface area contributed by atoms with Gasteiger partial charge in [0.15, 0.2) is 5.72 Å². The fourth-order valence-electron chi connectivity index (χ4n) is 3.28. The molecule has 1 amide bonds. The Bertz CT molecular complexity index is 996. The van der Waals surface area contributed by atoms with Gasteiger partial charge in [-0.2, -0.15) is 4.31 Å². The first kappa shape index (κ1) is 23.1. The molecule has 0 unspecified atom stereocenters. The zero-order chi connectivity index (χ0) is 22.6. The van der Waals surface area contributed by atoms with Gasteiger partial charge in [-0.25, -0.2) is 13.2 Å². The molecule has 1 aliphatic rings. The molecule has 2 aromatic carbocycles. The van der Waals surface area contributed by atoms with Crippen LogP contribution in [0.2, 0.25) is 0 Å². The number of ether oxygens (including phenoxy) is 2. The summed E-state index contributed by atoms with van der Waals surface area (Å²) in [5.41, 5.74) is 6.53. The van der Waals surface area contributed by atoms with E-state index in [9.17, 15) is 13.2 Å². The molecule has 1 aliphatic heterocycles. The standard InChI is InChI=1S/C22H29N3O5S/c1-16(2)29-19-8-6-18(7-9-19)24-21(26)30-22(23)12-14-25(15-13-22)31(27,28)20-10-4-17(3)5-11-20/h4-11,16H,12-15,23H2,1-3H3,(H,24,26). The number of piperidine rings is 1. The first-order valence-electron chi connectivity index (χ1n) is 10.2. The molecule has 0 radical (unpaired) electrons. The van der Waals surface area contributed by atoms with Gasteiger partial charge in [0, 0.05) is 31.6 Å². The number of nitrogens with two attached hydrogens (primary N) is 1. The van der Waals surface area contributed by atoms with E-state index in [-0.39, 0.29) is 36.9 Å². The summed E-state index contributed by atoms with van der Waals surface area (Å²) in [6.07, 6.45) is -0.226. The van der Waals surface area contributed by atoms with Gasteiger partial charge in [-0.05, 0) is 57.2 Å². The molecule has 1 fully saturated rings. The van der Waals surface area contributed by atoms with Gasteiger partial charge in [-0.3, -0.25) is 11.1 Å². The van der Waals surface area contributed by atoms with Gasteiger partial charge < -0.3 is 9.47 Å². The van der Waals surface area contributed by atoms with Gasteiger partial charge in [0.05, 0.1) is 11.0 Å². The number of sulfonamides is 1. The topological polar surface area (TPSA) is 111 Å². The second-order valence-corrected chi connectivity index (χ2v) is 9.93. The van der Waals surface area contributed by atoms with Crippen molar-refractivity contribution in [1.82, 2.24) is 4.31 Å². The summed E-state index contributed by atoms with van der Waals surface area (Å²) < 4.78 is 38.0. The largest absolute Gasteiger partial charge is 0.491 e. The highest BCUT2D eigenvalue weighted by Gasteiger charge is 2.38. The number of hydrogen-bond donors (Lipinski definition) is 2. The monoisotopic (exact) mass is 447 g/mol. The van der Waals surface area contributed by atoms with E-state index < -0.39 is 21.8 Å². The van der Waals surface area contributed by atoms with Gasteiger partial charge in [-0.1, -0.05) is 17.7 Å². The molecule has 0 atom stereocenters. The third-order valence-corrected chi connectivity index (χ3v) is 6.91. The summed E-state index contributed by atoms with van der Waals surface area (Å²) in [6, 6.07) is 13.6. The van der Waals surface area contributed by atoms with Gasteiger partial charge in [0.2, 0.25) is 10.0 Å². The van der Waals surface area contributed by atoms with Crippen molar-refractivity contribution < 1.29 is 22.7 Å². The number of hydrogen-bond acceptors (Lipinski definition) is 6. The van der Waals surface area contributed by atoms with E-state index >= 15 is 0 Å². The summed E-state index contributed by atoms with van der Waals surface area (Å²) in [5.74, 6) is 0.700. The van der Waals surface area contributed by atoms with E-state index in [0.29, 0.717) is 11.4 Å². The molecule has 3 N–H and O–H groups in total. The Hall–Kier alpha value is -2.62. The number of aryl methyl sites for hydroxylation is 1. The Morgan fingerprint density at radius 1 is 1.06 bits per heavy atom.